The second kappa shape index (κ2) is 9.42. The minimum Gasteiger partial charge on any atom is -0.378 e. The molecule has 1 saturated heterocycles. The lowest BCUT2D eigenvalue weighted by Crippen LogP contribution is -2.00. The maximum atomic E-state index is 5.30. The molecule has 0 aliphatic carbocycles. The van der Waals surface area contributed by atoms with E-state index < -0.39 is 0 Å². The number of rotatable bonds is 4. The molecule has 2 rings (SSSR count). The Kier molecular flexibility index (Phi) is 8.14. The van der Waals surface area contributed by atoms with Gasteiger partial charge in [0.15, 0.2) is 0 Å². The summed E-state index contributed by atoms with van der Waals surface area (Å²) < 4.78 is 10.5. The Bertz CT molecular complexity index is 305. The number of ether oxygens (including phenoxy) is 1. The van der Waals surface area contributed by atoms with E-state index >= 15 is 0 Å². The van der Waals surface area contributed by atoms with Gasteiger partial charge in [0.25, 0.3) is 0 Å². The summed E-state index contributed by atoms with van der Waals surface area (Å²) in [5.74, 6) is 0. The highest BCUT2D eigenvalue weighted by Gasteiger charge is 2.11. The van der Waals surface area contributed by atoms with Crippen LogP contribution in [0.3, 0.4) is 0 Å². The molecule has 0 aromatic heterocycles. The molecule has 1 aliphatic rings. The first-order valence-electron chi connectivity index (χ1n) is 6.74. The Morgan fingerprint density at radius 1 is 1.28 bits per heavy atom. The lowest BCUT2D eigenvalue weighted by atomic mass is 10.2. The van der Waals surface area contributed by atoms with E-state index in [2.05, 4.69) is 38.1 Å². The van der Waals surface area contributed by atoms with Crippen molar-refractivity contribution in [3.63, 3.8) is 0 Å². The Morgan fingerprint density at radius 3 is 2.44 bits per heavy atom. The summed E-state index contributed by atoms with van der Waals surface area (Å²) in [6.45, 7) is 7.99. The largest absolute Gasteiger partial charge is 0.378 e. The van der Waals surface area contributed by atoms with Crippen LogP contribution in [0.2, 0.25) is 0 Å². The Morgan fingerprint density at radius 2 is 2.00 bits per heavy atom. The van der Waals surface area contributed by atoms with Gasteiger partial charge >= 0.3 is 0 Å². The summed E-state index contributed by atoms with van der Waals surface area (Å²) in [5, 5.41) is 0. The zero-order valence-corrected chi connectivity index (χ0v) is 12.5. The lowest BCUT2D eigenvalue weighted by molar-refractivity contribution is 0.108. The fourth-order valence-electron chi connectivity index (χ4n) is 1.69. The highest BCUT2D eigenvalue weighted by atomic mass is 32.2. The number of aryl methyl sites for hydroxylation is 1. The van der Waals surface area contributed by atoms with Crippen molar-refractivity contribution in [2.24, 2.45) is 0 Å². The van der Waals surface area contributed by atoms with Gasteiger partial charge in [-0.2, -0.15) is 0 Å². The van der Waals surface area contributed by atoms with Gasteiger partial charge in [-0.3, -0.25) is 0 Å². The van der Waals surface area contributed by atoms with Gasteiger partial charge < -0.3 is 8.92 Å². The van der Waals surface area contributed by atoms with Gasteiger partial charge in [0.2, 0.25) is 0 Å². The van der Waals surface area contributed by atoms with Crippen LogP contribution in [0, 0.1) is 6.92 Å². The molecular weight excluding hydrogens is 244 g/mol. The average Bonchev–Trinajstić information content (AvgIpc) is 2.92. The number of hydrogen-bond acceptors (Lipinski definition) is 3. The Labute approximate surface area is 115 Å². The fraction of sp³-hybridized carbons (Fsp3) is 0.600. The molecule has 0 bridgehead atoms. The van der Waals surface area contributed by atoms with Crippen molar-refractivity contribution in [2.45, 2.75) is 51.0 Å². The molecule has 102 valence electrons. The van der Waals surface area contributed by atoms with Crippen LogP contribution >= 0.6 is 12.0 Å². The molecule has 1 unspecified atom stereocenters. The smallest absolute Gasteiger partial charge is 0.0590 e. The summed E-state index contributed by atoms with van der Waals surface area (Å²) in [5.41, 5.74) is 1.28. The maximum absolute atomic E-state index is 5.30. The molecule has 0 radical (unpaired) electrons. The first kappa shape index (κ1) is 15.5. The van der Waals surface area contributed by atoms with Crippen molar-refractivity contribution in [1.82, 2.24) is 0 Å². The van der Waals surface area contributed by atoms with E-state index in [1.165, 1.54) is 36.9 Å². The molecule has 0 saturated carbocycles. The van der Waals surface area contributed by atoms with E-state index in [-0.39, 0.29) is 0 Å². The molecule has 1 aromatic rings. The van der Waals surface area contributed by atoms with Crippen LogP contribution in [0.1, 0.15) is 38.7 Å². The van der Waals surface area contributed by atoms with E-state index in [1.54, 1.807) is 0 Å². The molecule has 0 spiro atoms. The van der Waals surface area contributed by atoms with Crippen molar-refractivity contribution >= 4 is 12.0 Å². The van der Waals surface area contributed by atoms with Gasteiger partial charge in [-0.05, 0) is 45.2 Å². The average molecular weight is 268 g/mol. The molecule has 1 atom stereocenters. The summed E-state index contributed by atoms with van der Waals surface area (Å²) >= 11 is 1.43. The van der Waals surface area contributed by atoms with E-state index in [0.29, 0.717) is 6.10 Å². The second-order valence-electron chi connectivity index (χ2n) is 4.35. The molecular formula is C15H24O2S. The van der Waals surface area contributed by atoms with Gasteiger partial charge in [0.05, 0.1) is 12.7 Å². The predicted molar refractivity (Wildman–Crippen MR) is 77.9 cm³/mol. The van der Waals surface area contributed by atoms with Crippen LogP contribution in [-0.4, -0.2) is 19.3 Å². The normalized spacial score (nSPS) is 18.3. The quantitative estimate of drug-likeness (QED) is 0.743. The van der Waals surface area contributed by atoms with Crippen molar-refractivity contribution in [3.05, 3.63) is 29.8 Å². The molecule has 18 heavy (non-hydrogen) atoms. The third-order valence-corrected chi connectivity index (χ3v) is 3.59. The molecule has 0 amide bonds. The number of benzene rings is 1. The Hall–Kier alpha value is -0.510. The fourth-order valence-corrected chi connectivity index (χ4v) is 2.19. The van der Waals surface area contributed by atoms with Gasteiger partial charge in [-0.1, -0.05) is 24.6 Å². The number of hydrogen-bond donors (Lipinski definition) is 0. The third kappa shape index (κ3) is 6.43. The molecule has 3 heteroatoms. The van der Waals surface area contributed by atoms with Crippen LogP contribution in [0.5, 0.6) is 0 Å². The second-order valence-corrected chi connectivity index (χ2v) is 5.22. The van der Waals surface area contributed by atoms with Crippen LogP contribution < -0.4 is 0 Å². The summed E-state index contributed by atoms with van der Waals surface area (Å²) in [4.78, 5) is 1.16. The van der Waals surface area contributed by atoms with Crippen LogP contribution in [0.15, 0.2) is 29.2 Å². The van der Waals surface area contributed by atoms with Gasteiger partial charge in [0.1, 0.15) is 0 Å². The van der Waals surface area contributed by atoms with Gasteiger partial charge in [-0.25, -0.2) is 0 Å². The Balaban J connectivity index is 0.000000199. The molecule has 1 heterocycles. The summed E-state index contributed by atoms with van der Waals surface area (Å²) in [7, 11) is 0. The third-order valence-electron chi connectivity index (χ3n) is 2.77. The first-order valence-corrected chi connectivity index (χ1v) is 7.48. The van der Waals surface area contributed by atoms with E-state index in [0.717, 1.165) is 18.1 Å². The highest BCUT2D eigenvalue weighted by molar-refractivity contribution is 7.94. The lowest BCUT2D eigenvalue weighted by Gasteiger charge is -2.01. The minimum atomic E-state index is 0.597. The SMILES string of the molecule is CCC1CCCO1.CCOSc1ccc(C)cc1. The van der Waals surface area contributed by atoms with E-state index in [9.17, 15) is 0 Å². The molecule has 0 N–H and O–H groups in total. The molecule has 1 aromatic carbocycles. The predicted octanol–water partition coefficient (Wildman–Crippen LogP) is 4.61. The monoisotopic (exact) mass is 268 g/mol. The summed E-state index contributed by atoms with van der Waals surface area (Å²) in [6, 6.07) is 8.30. The zero-order valence-electron chi connectivity index (χ0n) is 11.6. The summed E-state index contributed by atoms with van der Waals surface area (Å²) in [6.07, 6.45) is 4.36. The van der Waals surface area contributed by atoms with E-state index in [1.807, 2.05) is 6.92 Å². The van der Waals surface area contributed by atoms with Crippen molar-refractivity contribution in [1.29, 1.82) is 0 Å². The zero-order chi connectivity index (χ0) is 13.2. The van der Waals surface area contributed by atoms with Gasteiger partial charge in [0, 0.05) is 23.5 Å². The topological polar surface area (TPSA) is 18.5 Å². The van der Waals surface area contributed by atoms with E-state index in [4.69, 9.17) is 8.92 Å². The van der Waals surface area contributed by atoms with Gasteiger partial charge in [-0.15, -0.1) is 0 Å². The minimum absolute atomic E-state index is 0.597. The van der Waals surface area contributed by atoms with Crippen molar-refractivity contribution < 1.29 is 8.92 Å². The standard InChI is InChI=1S/C9H12OS.C6H12O/c1-3-10-11-9-6-4-8(2)5-7-9;1-2-6-4-3-5-7-6/h4-7H,3H2,1-2H3;6H,2-5H2,1H3. The van der Waals surface area contributed by atoms with Crippen LogP contribution in [-0.2, 0) is 8.92 Å². The molecule has 1 aliphatic heterocycles. The molecule has 2 nitrogen and oxygen atoms in total. The molecule has 1 fully saturated rings. The maximum Gasteiger partial charge on any atom is 0.0590 e. The van der Waals surface area contributed by atoms with Crippen LogP contribution in [0.4, 0.5) is 0 Å². The van der Waals surface area contributed by atoms with Crippen molar-refractivity contribution in [3.8, 4) is 0 Å². The first-order chi connectivity index (χ1) is 8.76. The van der Waals surface area contributed by atoms with Crippen molar-refractivity contribution in [2.75, 3.05) is 13.2 Å². The van der Waals surface area contributed by atoms with Crippen LogP contribution in [0.25, 0.3) is 0 Å². The highest BCUT2D eigenvalue weighted by Crippen LogP contribution is 2.18.